The average molecular weight is 491 g/mol. The molecule has 2 heterocycles. The number of piperazine rings is 1. The second-order valence-electron chi connectivity index (χ2n) is 8.82. The number of para-hydroxylation sites is 1. The lowest BCUT2D eigenvalue weighted by molar-refractivity contribution is 0.0945. The number of nitrogens with zero attached hydrogens (tertiary/aromatic N) is 3. The van der Waals surface area contributed by atoms with Gasteiger partial charge in [0.05, 0.1) is 10.0 Å². The van der Waals surface area contributed by atoms with Crippen LogP contribution in [0.2, 0.25) is 10.0 Å². The summed E-state index contributed by atoms with van der Waals surface area (Å²) < 4.78 is 5.87. The lowest BCUT2D eigenvalue weighted by Crippen LogP contribution is -2.52. The molecule has 1 unspecified atom stereocenters. The van der Waals surface area contributed by atoms with Gasteiger partial charge in [0.1, 0.15) is 12.4 Å². The molecule has 0 saturated carbocycles. The van der Waals surface area contributed by atoms with E-state index >= 15 is 0 Å². The standard InChI is InChI=1S/C25H32Cl2N4O2/c26-23-9-8-21(17-24(23)27)28-25(32)31-13-11-30(12-14-31)19-20-5-4-10-29(18-20)15-16-33-22-6-2-1-3-7-22/h1-3,6-9,17,20H,4-5,10-16,18-19H2,(H,28,32). The average Bonchev–Trinajstić information content (AvgIpc) is 2.83. The van der Waals surface area contributed by atoms with Gasteiger partial charge in [-0.25, -0.2) is 4.79 Å². The van der Waals surface area contributed by atoms with Gasteiger partial charge in [0.25, 0.3) is 0 Å². The summed E-state index contributed by atoms with van der Waals surface area (Å²) in [4.78, 5) is 19.5. The van der Waals surface area contributed by atoms with Crippen molar-refractivity contribution in [3.8, 4) is 5.75 Å². The molecular formula is C25H32Cl2N4O2. The third-order valence-electron chi connectivity index (χ3n) is 6.37. The number of hydrogen-bond donors (Lipinski definition) is 1. The van der Waals surface area contributed by atoms with Crippen LogP contribution in [0.5, 0.6) is 5.75 Å². The number of piperidine rings is 1. The maximum absolute atomic E-state index is 12.6. The SMILES string of the molecule is O=C(Nc1ccc(Cl)c(Cl)c1)N1CCN(CC2CCCN(CCOc3ccccc3)C2)CC1. The Balaban J connectivity index is 1.16. The maximum Gasteiger partial charge on any atom is 0.321 e. The Kier molecular flexibility index (Phi) is 8.73. The maximum atomic E-state index is 12.6. The molecule has 2 aromatic carbocycles. The summed E-state index contributed by atoms with van der Waals surface area (Å²) in [5.41, 5.74) is 0.662. The van der Waals surface area contributed by atoms with E-state index in [0.717, 1.165) is 64.7 Å². The van der Waals surface area contributed by atoms with Crippen LogP contribution in [0.25, 0.3) is 0 Å². The quantitative estimate of drug-likeness (QED) is 0.597. The highest BCUT2D eigenvalue weighted by Crippen LogP contribution is 2.25. The lowest BCUT2D eigenvalue weighted by atomic mass is 9.97. The van der Waals surface area contributed by atoms with E-state index in [1.54, 1.807) is 18.2 Å². The second-order valence-corrected chi connectivity index (χ2v) is 9.63. The molecule has 2 amide bonds. The second kappa shape index (κ2) is 11.9. The van der Waals surface area contributed by atoms with Gasteiger partial charge in [0.2, 0.25) is 0 Å². The van der Waals surface area contributed by atoms with E-state index in [2.05, 4.69) is 15.1 Å². The highest BCUT2D eigenvalue weighted by atomic mass is 35.5. The van der Waals surface area contributed by atoms with Crippen LogP contribution in [-0.2, 0) is 0 Å². The summed E-state index contributed by atoms with van der Waals surface area (Å²) in [5.74, 6) is 1.61. The molecule has 6 nitrogen and oxygen atoms in total. The minimum Gasteiger partial charge on any atom is -0.492 e. The molecule has 4 rings (SSSR count). The number of urea groups is 1. The summed E-state index contributed by atoms with van der Waals surface area (Å²) in [7, 11) is 0. The zero-order chi connectivity index (χ0) is 23.0. The van der Waals surface area contributed by atoms with Gasteiger partial charge in [-0.05, 0) is 55.6 Å². The van der Waals surface area contributed by atoms with Crippen LogP contribution in [-0.4, -0.2) is 79.7 Å². The number of carbonyl (C=O) groups excluding carboxylic acids is 1. The molecule has 33 heavy (non-hydrogen) atoms. The van der Waals surface area contributed by atoms with E-state index < -0.39 is 0 Å². The van der Waals surface area contributed by atoms with E-state index in [4.69, 9.17) is 27.9 Å². The Morgan fingerprint density at radius 2 is 1.76 bits per heavy atom. The number of benzene rings is 2. The third kappa shape index (κ3) is 7.24. The van der Waals surface area contributed by atoms with Gasteiger partial charge in [0, 0.05) is 51.5 Å². The largest absolute Gasteiger partial charge is 0.492 e. The van der Waals surface area contributed by atoms with Crippen LogP contribution in [0.1, 0.15) is 12.8 Å². The van der Waals surface area contributed by atoms with E-state index in [-0.39, 0.29) is 6.03 Å². The molecule has 178 valence electrons. The van der Waals surface area contributed by atoms with Crippen molar-refractivity contribution in [2.24, 2.45) is 5.92 Å². The first-order chi connectivity index (χ1) is 16.1. The fraction of sp³-hybridized carbons (Fsp3) is 0.480. The number of hydrogen-bond acceptors (Lipinski definition) is 4. The molecule has 0 bridgehead atoms. The normalized spacial score (nSPS) is 19.9. The van der Waals surface area contributed by atoms with Gasteiger partial charge in [-0.2, -0.15) is 0 Å². The molecule has 1 N–H and O–H groups in total. The minimum atomic E-state index is -0.0877. The fourth-order valence-electron chi connectivity index (χ4n) is 4.59. The number of rotatable bonds is 7. The molecule has 0 aromatic heterocycles. The summed E-state index contributed by atoms with van der Waals surface area (Å²) in [6, 6.07) is 15.1. The van der Waals surface area contributed by atoms with E-state index in [0.29, 0.717) is 21.7 Å². The minimum absolute atomic E-state index is 0.0877. The highest BCUT2D eigenvalue weighted by molar-refractivity contribution is 6.42. The van der Waals surface area contributed by atoms with Gasteiger partial charge in [0.15, 0.2) is 0 Å². The summed E-state index contributed by atoms with van der Waals surface area (Å²) in [6.45, 7) is 8.33. The molecule has 2 saturated heterocycles. The van der Waals surface area contributed by atoms with Crippen molar-refractivity contribution in [2.45, 2.75) is 12.8 Å². The van der Waals surface area contributed by atoms with Crippen LogP contribution in [0.3, 0.4) is 0 Å². The number of anilines is 1. The van der Waals surface area contributed by atoms with E-state index in [9.17, 15) is 4.79 Å². The zero-order valence-electron chi connectivity index (χ0n) is 18.9. The van der Waals surface area contributed by atoms with Crippen molar-refractivity contribution in [1.29, 1.82) is 0 Å². The Morgan fingerprint density at radius 1 is 0.970 bits per heavy atom. The Hall–Kier alpha value is -1.99. The molecule has 0 spiro atoms. The van der Waals surface area contributed by atoms with Gasteiger partial charge in [-0.1, -0.05) is 41.4 Å². The molecule has 0 radical (unpaired) electrons. The van der Waals surface area contributed by atoms with Gasteiger partial charge < -0.3 is 15.0 Å². The molecule has 2 aromatic rings. The first-order valence-corrected chi connectivity index (χ1v) is 12.5. The highest BCUT2D eigenvalue weighted by Gasteiger charge is 2.26. The number of amides is 2. The Morgan fingerprint density at radius 3 is 2.52 bits per heavy atom. The van der Waals surface area contributed by atoms with Crippen molar-refractivity contribution in [3.05, 3.63) is 58.6 Å². The number of likely N-dealkylation sites (tertiary alicyclic amines) is 1. The smallest absolute Gasteiger partial charge is 0.321 e. The molecular weight excluding hydrogens is 459 g/mol. The Bertz CT molecular complexity index is 907. The number of nitrogens with one attached hydrogen (secondary N) is 1. The molecule has 2 aliphatic heterocycles. The predicted octanol–water partition coefficient (Wildman–Crippen LogP) is 4.93. The Labute approximate surface area is 206 Å². The van der Waals surface area contributed by atoms with Crippen LogP contribution >= 0.6 is 23.2 Å². The van der Waals surface area contributed by atoms with Gasteiger partial charge in [-0.3, -0.25) is 9.80 Å². The van der Waals surface area contributed by atoms with E-state index in [1.807, 2.05) is 35.2 Å². The molecule has 0 aliphatic carbocycles. The van der Waals surface area contributed by atoms with Crippen LogP contribution in [0, 0.1) is 5.92 Å². The summed E-state index contributed by atoms with van der Waals surface area (Å²) in [6.07, 6.45) is 2.51. The van der Waals surface area contributed by atoms with Crippen molar-refractivity contribution in [3.63, 3.8) is 0 Å². The molecule has 2 aliphatic rings. The van der Waals surface area contributed by atoms with Crippen molar-refractivity contribution < 1.29 is 9.53 Å². The number of halogens is 2. The first-order valence-electron chi connectivity index (χ1n) is 11.7. The summed E-state index contributed by atoms with van der Waals surface area (Å²) >= 11 is 12.0. The number of carbonyl (C=O) groups is 1. The van der Waals surface area contributed by atoms with Crippen molar-refractivity contribution in [1.82, 2.24) is 14.7 Å². The number of ether oxygens (including phenoxy) is 1. The van der Waals surface area contributed by atoms with Crippen molar-refractivity contribution >= 4 is 34.9 Å². The zero-order valence-corrected chi connectivity index (χ0v) is 20.4. The topological polar surface area (TPSA) is 48.1 Å². The summed E-state index contributed by atoms with van der Waals surface area (Å²) in [5, 5.41) is 3.84. The van der Waals surface area contributed by atoms with E-state index in [1.165, 1.54) is 12.8 Å². The first kappa shape index (κ1) is 24.1. The predicted molar refractivity (Wildman–Crippen MR) is 135 cm³/mol. The van der Waals surface area contributed by atoms with Gasteiger partial charge >= 0.3 is 6.03 Å². The lowest BCUT2D eigenvalue weighted by Gasteiger charge is -2.39. The molecule has 2 fully saturated rings. The van der Waals surface area contributed by atoms with Crippen LogP contribution in [0.4, 0.5) is 10.5 Å². The third-order valence-corrected chi connectivity index (χ3v) is 7.11. The van der Waals surface area contributed by atoms with Crippen LogP contribution in [0.15, 0.2) is 48.5 Å². The van der Waals surface area contributed by atoms with Gasteiger partial charge in [-0.15, -0.1) is 0 Å². The fourth-order valence-corrected chi connectivity index (χ4v) is 4.89. The molecule has 1 atom stereocenters. The van der Waals surface area contributed by atoms with Crippen molar-refractivity contribution in [2.75, 3.05) is 64.3 Å². The monoisotopic (exact) mass is 490 g/mol. The van der Waals surface area contributed by atoms with Crippen LogP contribution < -0.4 is 10.1 Å². The molecule has 8 heteroatoms.